The van der Waals surface area contributed by atoms with E-state index in [1.807, 2.05) is 30.3 Å². The molecule has 2 amide bonds. The number of benzene rings is 1. The van der Waals surface area contributed by atoms with E-state index in [9.17, 15) is 14.4 Å². The molecule has 0 radical (unpaired) electrons. The molecule has 1 unspecified atom stereocenters. The van der Waals surface area contributed by atoms with Gasteiger partial charge in [-0.25, -0.2) is 0 Å². The van der Waals surface area contributed by atoms with E-state index in [2.05, 4.69) is 5.32 Å². The number of carbonyl (C=O) groups excluding carboxylic acids is 2. The minimum atomic E-state index is -0.803. The zero-order valence-corrected chi connectivity index (χ0v) is 12.9. The largest absolute Gasteiger partial charge is 0.481 e. The highest BCUT2D eigenvalue weighted by Crippen LogP contribution is 2.29. The van der Waals surface area contributed by atoms with Gasteiger partial charge in [-0.1, -0.05) is 30.3 Å². The van der Waals surface area contributed by atoms with Gasteiger partial charge >= 0.3 is 5.97 Å². The number of hydrogen-bond acceptors (Lipinski definition) is 3. The Kier molecular flexibility index (Phi) is 5.73. The molecule has 6 heteroatoms. The van der Waals surface area contributed by atoms with Crippen LogP contribution in [0.4, 0.5) is 0 Å². The van der Waals surface area contributed by atoms with Crippen molar-refractivity contribution in [3.05, 3.63) is 35.9 Å². The van der Waals surface area contributed by atoms with Gasteiger partial charge in [-0.2, -0.15) is 0 Å². The fraction of sp³-hybridized carbons (Fsp3) is 0.471. The fourth-order valence-corrected chi connectivity index (χ4v) is 2.96. The second-order valence-corrected chi connectivity index (χ2v) is 6.04. The second-order valence-electron chi connectivity index (χ2n) is 6.04. The molecule has 6 nitrogen and oxygen atoms in total. The molecule has 0 bridgehead atoms. The quantitative estimate of drug-likeness (QED) is 0.729. The fourth-order valence-electron chi connectivity index (χ4n) is 2.96. The van der Waals surface area contributed by atoms with Crippen molar-refractivity contribution in [1.82, 2.24) is 5.32 Å². The number of amides is 2. The summed E-state index contributed by atoms with van der Waals surface area (Å²) in [4.78, 5) is 34.8. The summed E-state index contributed by atoms with van der Waals surface area (Å²) in [5, 5.41) is 11.7. The van der Waals surface area contributed by atoms with Crippen LogP contribution in [0, 0.1) is 11.8 Å². The zero-order chi connectivity index (χ0) is 16.8. The predicted molar refractivity (Wildman–Crippen MR) is 84.4 cm³/mol. The molecule has 0 aliphatic heterocycles. The molecule has 1 aliphatic carbocycles. The minimum Gasteiger partial charge on any atom is -0.481 e. The number of aliphatic carboxylic acids is 1. The zero-order valence-electron chi connectivity index (χ0n) is 12.9. The lowest BCUT2D eigenvalue weighted by molar-refractivity contribution is -0.144. The summed E-state index contributed by atoms with van der Waals surface area (Å²) in [5.41, 5.74) is 6.32. The van der Waals surface area contributed by atoms with Gasteiger partial charge in [-0.3, -0.25) is 14.4 Å². The first-order valence-corrected chi connectivity index (χ1v) is 7.83. The van der Waals surface area contributed by atoms with Gasteiger partial charge in [0.15, 0.2) is 0 Å². The molecular formula is C17H22N2O4. The van der Waals surface area contributed by atoms with E-state index >= 15 is 0 Å². The molecule has 1 aliphatic rings. The van der Waals surface area contributed by atoms with Crippen molar-refractivity contribution in [1.29, 1.82) is 0 Å². The number of primary amides is 1. The van der Waals surface area contributed by atoms with Crippen LogP contribution in [0.3, 0.4) is 0 Å². The smallest absolute Gasteiger partial charge is 0.306 e. The molecule has 4 N–H and O–H groups in total. The third kappa shape index (κ3) is 4.81. The Morgan fingerprint density at radius 2 is 1.65 bits per heavy atom. The molecular weight excluding hydrogens is 296 g/mol. The maximum atomic E-state index is 12.3. The number of nitrogens with two attached hydrogens (primary N) is 1. The first kappa shape index (κ1) is 17.0. The molecule has 1 aromatic carbocycles. The predicted octanol–water partition coefficient (Wildman–Crippen LogP) is 1.09. The summed E-state index contributed by atoms with van der Waals surface area (Å²) in [6.07, 6.45) is 2.40. The van der Waals surface area contributed by atoms with Crippen molar-refractivity contribution < 1.29 is 19.5 Å². The summed E-state index contributed by atoms with van der Waals surface area (Å²) >= 11 is 0. The average molecular weight is 318 g/mol. The lowest BCUT2D eigenvalue weighted by Crippen LogP contribution is -2.48. The Hall–Kier alpha value is -2.37. The highest BCUT2D eigenvalue weighted by molar-refractivity contribution is 5.88. The third-order valence-electron chi connectivity index (χ3n) is 4.39. The topological polar surface area (TPSA) is 109 Å². The molecule has 1 fully saturated rings. The van der Waals surface area contributed by atoms with Crippen LogP contribution in [-0.4, -0.2) is 28.9 Å². The van der Waals surface area contributed by atoms with Crippen LogP contribution in [0.5, 0.6) is 0 Å². The van der Waals surface area contributed by atoms with Crippen LogP contribution in [0.15, 0.2) is 30.3 Å². The number of nitrogens with one attached hydrogen (secondary N) is 1. The van der Waals surface area contributed by atoms with Crippen LogP contribution in [0.25, 0.3) is 0 Å². The van der Waals surface area contributed by atoms with Crippen LogP contribution >= 0.6 is 0 Å². The number of hydrogen-bond donors (Lipinski definition) is 3. The van der Waals surface area contributed by atoms with E-state index in [1.165, 1.54) is 0 Å². The van der Waals surface area contributed by atoms with Crippen molar-refractivity contribution in [2.75, 3.05) is 0 Å². The Bertz CT molecular complexity index is 565. The second kappa shape index (κ2) is 7.76. The van der Waals surface area contributed by atoms with Gasteiger partial charge in [0.2, 0.25) is 11.8 Å². The van der Waals surface area contributed by atoms with Crippen molar-refractivity contribution in [2.45, 2.75) is 38.1 Å². The number of rotatable bonds is 6. The van der Waals surface area contributed by atoms with Gasteiger partial charge in [0.25, 0.3) is 0 Å². The molecule has 0 heterocycles. The van der Waals surface area contributed by atoms with Crippen molar-refractivity contribution in [3.8, 4) is 0 Å². The van der Waals surface area contributed by atoms with Gasteiger partial charge in [0.05, 0.1) is 5.92 Å². The maximum Gasteiger partial charge on any atom is 0.306 e. The molecule has 1 atom stereocenters. The lowest BCUT2D eigenvalue weighted by atomic mass is 9.81. The van der Waals surface area contributed by atoms with E-state index in [4.69, 9.17) is 10.8 Å². The molecule has 23 heavy (non-hydrogen) atoms. The van der Waals surface area contributed by atoms with Crippen LogP contribution in [-0.2, 0) is 20.8 Å². The van der Waals surface area contributed by atoms with Crippen molar-refractivity contribution in [3.63, 3.8) is 0 Å². The van der Waals surface area contributed by atoms with Crippen molar-refractivity contribution >= 4 is 17.8 Å². The third-order valence-corrected chi connectivity index (χ3v) is 4.39. The first-order valence-electron chi connectivity index (χ1n) is 7.83. The van der Waals surface area contributed by atoms with E-state index in [0.29, 0.717) is 32.1 Å². The Morgan fingerprint density at radius 3 is 2.17 bits per heavy atom. The minimum absolute atomic E-state index is 0.214. The van der Waals surface area contributed by atoms with Crippen LogP contribution in [0.1, 0.15) is 31.2 Å². The van der Waals surface area contributed by atoms with E-state index in [-0.39, 0.29) is 17.7 Å². The highest BCUT2D eigenvalue weighted by Gasteiger charge is 2.31. The Balaban J connectivity index is 1.91. The highest BCUT2D eigenvalue weighted by atomic mass is 16.4. The SMILES string of the molecule is NC(=O)C(Cc1ccccc1)NC(=O)C1CCC(C(=O)O)CC1. The Labute approximate surface area is 135 Å². The lowest BCUT2D eigenvalue weighted by Gasteiger charge is -2.26. The molecule has 1 aromatic rings. The molecule has 2 rings (SSSR count). The monoisotopic (exact) mass is 318 g/mol. The molecule has 0 spiro atoms. The van der Waals surface area contributed by atoms with E-state index < -0.39 is 17.9 Å². The number of carboxylic acids is 1. The van der Waals surface area contributed by atoms with Gasteiger partial charge in [0.1, 0.15) is 6.04 Å². The van der Waals surface area contributed by atoms with E-state index in [1.54, 1.807) is 0 Å². The first-order chi connectivity index (χ1) is 11.0. The summed E-state index contributed by atoms with van der Waals surface area (Å²) < 4.78 is 0. The molecule has 1 saturated carbocycles. The van der Waals surface area contributed by atoms with Crippen molar-refractivity contribution in [2.24, 2.45) is 17.6 Å². The summed E-state index contributed by atoms with van der Waals surface area (Å²) in [6, 6.07) is 8.61. The summed E-state index contributed by atoms with van der Waals surface area (Å²) in [7, 11) is 0. The molecule has 0 aromatic heterocycles. The Morgan fingerprint density at radius 1 is 1.09 bits per heavy atom. The van der Waals surface area contributed by atoms with Gasteiger partial charge in [-0.05, 0) is 31.2 Å². The molecule has 124 valence electrons. The summed E-state index contributed by atoms with van der Waals surface area (Å²) in [5.74, 6) is -2.20. The van der Waals surface area contributed by atoms with Crippen LogP contribution < -0.4 is 11.1 Å². The number of carbonyl (C=O) groups is 3. The maximum absolute atomic E-state index is 12.3. The van der Waals surface area contributed by atoms with Gasteiger partial charge < -0.3 is 16.2 Å². The average Bonchev–Trinajstić information content (AvgIpc) is 2.55. The van der Waals surface area contributed by atoms with Gasteiger partial charge in [0, 0.05) is 12.3 Å². The molecule has 0 saturated heterocycles. The van der Waals surface area contributed by atoms with Gasteiger partial charge in [-0.15, -0.1) is 0 Å². The normalized spacial score (nSPS) is 22.1. The van der Waals surface area contributed by atoms with Crippen LogP contribution in [0.2, 0.25) is 0 Å². The standard InChI is InChI=1S/C17H22N2O4/c18-15(20)14(10-11-4-2-1-3-5-11)19-16(21)12-6-8-13(9-7-12)17(22)23/h1-5,12-14H,6-10H2,(H2,18,20)(H,19,21)(H,22,23). The number of carboxylic acid groups (broad SMARTS) is 1. The summed E-state index contributed by atoms with van der Waals surface area (Å²) in [6.45, 7) is 0. The van der Waals surface area contributed by atoms with E-state index in [0.717, 1.165) is 5.56 Å².